The van der Waals surface area contributed by atoms with Crippen molar-refractivity contribution in [1.82, 2.24) is 5.32 Å². The van der Waals surface area contributed by atoms with E-state index < -0.39 is 0 Å². The third-order valence-corrected chi connectivity index (χ3v) is 4.13. The fraction of sp³-hybridized carbons (Fsp3) is 1.00. The molecule has 0 heterocycles. The fourth-order valence-corrected chi connectivity index (χ4v) is 2.94. The van der Waals surface area contributed by atoms with E-state index in [0.717, 1.165) is 31.6 Å². The molecule has 0 bridgehead atoms. The average molecular weight is 211 g/mol. The van der Waals surface area contributed by atoms with Gasteiger partial charge in [0.15, 0.2) is 0 Å². The Labute approximate surface area is 93.5 Å². The van der Waals surface area contributed by atoms with Gasteiger partial charge in [0, 0.05) is 12.1 Å². The van der Waals surface area contributed by atoms with Crippen LogP contribution in [0.5, 0.6) is 0 Å². The van der Waals surface area contributed by atoms with Crippen LogP contribution in [0.2, 0.25) is 0 Å². The summed E-state index contributed by atoms with van der Waals surface area (Å²) in [6.07, 6.45) is 10.0. The highest BCUT2D eigenvalue weighted by atomic mass is 16.3. The summed E-state index contributed by atoms with van der Waals surface area (Å²) >= 11 is 0. The zero-order chi connectivity index (χ0) is 10.7. The van der Waals surface area contributed by atoms with Crippen LogP contribution in [0.3, 0.4) is 0 Å². The van der Waals surface area contributed by atoms with E-state index in [1.807, 2.05) is 0 Å². The lowest BCUT2D eigenvalue weighted by atomic mass is 9.81. The minimum Gasteiger partial charge on any atom is -0.393 e. The highest BCUT2D eigenvalue weighted by Crippen LogP contribution is 2.30. The van der Waals surface area contributed by atoms with Crippen LogP contribution in [0.15, 0.2) is 0 Å². The maximum absolute atomic E-state index is 9.43. The lowest BCUT2D eigenvalue weighted by Crippen LogP contribution is -2.41. The largest absolute Gasteiger partial charge is 0.393 e. The normalized spacial score (nSPS) is 34.8. The minimum absolute atomic E-state index is 0.0232. The van der Waals surface area contributed by atoms with E-state index in [1.54, 1.807) is 0 Å². The van der Waals surface area contributed by atoms with Crippen molar-refractivity contribution in [2.24, 2.45) is 5.92 Å². The first kappa shape index (κ1) is 11.4. The highest BCUT2D eigenvalue weighted by molar-refractivity contribution is 4.81. The van der Waals surface area contributed by atoms with Gasteiger partial charge in [-0.3, -0.25) is 0 Å². The Morgan fingerprint density at radius 2 is 1.80 bits per heavy atom. The van der Waals surface area contributed by atoms with Crippen LogP contribution in [0.4, 0.5) is 0 Å². The first-order valence-electron chi connectivity index (χ1n) is 6.68. The van der Waals surface area contributed by atoms with Gasteiger partial charge in [-0.05, 0) is 44.9 Å². The van der Waals surface area contributed by atoms with Crippen molar-refractivity contribution in [2.45, 2.75) is 76.5 Å². The van der Waals surface area contributed by atoms with Crippen molar-refractivity contribution >= 4 is 0 Å². The molecular weight excluding hydrogens is 186 g/mol. The van der Waals surface area contributed by atoms with Crippen molar-refractivity contribution in [2.75, 3.05) is 0 Å². The second-order valence-electron chi connectivity index (χ2n) is 5.61. The Morgan fingerprint density at radius 1 is 1.13 bits per heavy atom. The lowest BCUT2D eigenvalue weighted by molar-refractivity contribution is 0.112. The molecule has 2 fully saturated rings. The molecule has 0 aromatic carbocycles. The molecule has 88 valence electrons. The van der Waals surface area contributed by atoms with Crippen LogP contribution >= 0.6 is 0 Å². The first-order valence-corrected chi connectivity index (χ1v) is 6.68. The van der Waals surface area contributed by atoms with Crippen molar-refractivity contribution in [3.05, 3.63) is 0 Å². The highest BCUT2D eigenvalue weighted by Gasteiger charge is 2.23. The predicted octanol–water partition coefficient (Wildman–Crippen LogP) is 2.46. The van der Waals surface area contributed by atoms with Gasteiger partial charge in [0.1, 0.15) is 0 Å². The smallest absolute Gasteiger partial charge is 0.0541 e. The maximum Gasteiger partial charge on any atom is 0.0541 e. The van der Waals surface area contributed by atoms with Crippen LogP contribution < -0.4 is 5.32 Å². The Balaban J connectivity index is 1.62. The number of nitrogens with one attached hydrogen (secondary N) is 1. The van der Waals surface area contributed by atoms with Gasteiger partial charge in [0.2, 0.25) is 0 Å². The average Bonchev–Trinajstić information content (AvgIpc) is 2.16. The molecule has 1 unspecified atom stereocenters. The molecule has 1 atom stereocenters. The molecule has 0 saturated heterocycles. The van der Waals surface area contributed by atoms with Gasteiger partial charge >= 0.3 is 0 Å². The first-order chi connectivity index (χ1) is 7.24. The molecule has 2 aliphatic carbocycles. The molecule has 2 N–H and O–H groups in total. The molecule has 0 spiro atoms. The lowest BCUT2D eigenvalue weighted by Gasteiger charge is -2.33. The van der Waals surface area contributed by atoms with Gasteiger partial charge in [0.25, 0.3) is 0 Å². The number of aliphatic hydroxyl groups excluding tert-OH is 1. The molecule has 2 aliphatic rings. The van der Waals surface area contributed by atoms with Crippen molar-refractivity contribution in [1.29, 1.82) is 0 Å². The van der Waals surface area contributed by atoms with E-state index in [0.29, 0.717) is 12.1 Å². The fourth-order valence-electron chi connectivity index (χ4n) is 2.94. The summed E-state index contributed by atoms with van der Waals surface area (Å²) in [4.78, 5) is 0. The molecule has 2 heteroatoms. The van der Waals surface area contributed by atoms with Crippen LogP contribution in [0.1, 0.15) is 58.3 Å². The SMILES string of the molecule is CC(CC1CCC1)NC1CCC(O)CC1. The molecule has 0 amide bonds. The molecule has 0 radical (unpaired) electrons. The van der Waals surface area contributed by atoms with Crippen LogP contribution in [0, 0.1) is 5.92 Å². The van der Waals surface area contributed by atoms with E-state index in [9.17, 15) is 5.11 Å². The summed E-state index contributed by atoms with van der Waals surface area (Å²) in [7, 11) is 0. The van der Waals surface area contributed by atoms with Crippen molar-refractivity contribution in [3.63, 3.8) is 0 Å². The minimum atomic E-state index is -0.0232. The van der Waals surface area contributed by atoms with E-state index in [2.05, 4.69) is 12.2 Å². The molecule has 15 heavy (non-hydrogen) atoms. The maximum atomic E-state index is 9.43. The number of hydrogen-bond donors (Lipinski definition) is 2. The molecule has 2 nitrogen and oxygen atoms in total. The predicted molar refractivity (Wildman–Crippen MR) is 62.8 cm³/mol. The molecule has 2 saturated carbocycles. The summed E-state index contributed by atoms with van der Waals surface area (Å²) < 4.78 is 0. The zero-order valence-electron chi connectivity index (χ0n) is 9.91. The molecular formula is C13H25NO. The summed E-state index contributed by atoms with van der Waals surface area (Å²) in [5.74, 6) is 1.00. The van der Waals surface area contributed by atoms with E-state index in [1.165, 1.54) is 25.7 Å². The van der Waals surface area contributed by atoms with Crippen LogP contribution in [-0.2, 0) is 0 Å². The van der Waals surface area contributed by atoms with Gasteiger partial charge in [-0.2, -0.15) is 0 Å². The van der Waals surface area contributed by atoms with Gasteiger partial charge in [-0.15, -0.1) is 0 Å². The second kappa shape index (κ2) is 5.31. The number of hydrogen-bond acceptors (Lipinski definition) is 2. The number of rotatable bonds is 4. The molecule has 0 aliphatic heterocycles. The Hall–Kier alpha value is -0.0800. The van der Waals surface area contributed by atoms with Gasteiger partial charge < -0.3 is 10.4 Å². The van der Waals surface area contributed by atoms with Gasteiger partial charge in [-0.25, -0.2) is 0 Å². The quantitative estimate of drug-likeness (QED) is 0.748. The zero-order valence-corrected chi connectivity index (χ0v) is 9.91. The van der Waals surface area contributed by atoms with Crippen LogP contribution in [-0.4, -0.2) is 23.3 Å². The summed E-state index contributed by atoms with van der Waals surface area (Å²) in [6, 6.07) is 1.35. The van der Waals surface area contributed by atoms with Crippen molar-refractivity contribution < 1.29 is 5.11 Å². The molecule has 2 rings (SSSR count). The third kappa shape index (κ3) is 3.46. The monoisotopic (exact) mass is 211 g/mol. The van der Waals surface area contributed by atoms with Crippen molar-refractivity contribution in [3.8, 4) is 0 Å². The van der Waals surface area contributed by atoms with Gasteiger partial charge in [-0.1, -0.05) is 19.3 Å². The van der Waals surface area contributed by atoms with E-state index in [-0.39, 0.29) is 6.10 Å². The summed E-state index contributed by atoms with van der Waals surface area (Å²) in [6.45, 7) is 2.32. The van der Waals surface area contributed by atoms with E-state index in [4.69, 9.17) is 0 Å². The standard InChI is InChI=1S/C13H25NO/c1-10(9-11-3-2-4-11)14-12-5-7-13(15)8-6-12/h10-15H,2-9H2,1H3. The van der Waals surface area contributed by atoms with E-state index >= 15 is 0 Å². The summed E-state index contributed by atoms with van der Waals surface area (Å²) in [5.41, 5.74) is 0. The van der Waals surface area contributed by atoms with Crippen LogP contribution in [0.25, 0.3) is 0 Å². The Morgan fingerprint density at radius 3 is 2.33 bits per heavy atom. The molecule has 0 aromatic rings. The summed E-state index contributed by atoms with van der Waals surface area (Å²) in [5, 5.41) is 13.2. The Bertz CT molecular complexity index is 183. The topological polar surface area (TPSA) is 32.3 Å². The molecule has 0 aromatic heterocycles. The Kier molecular flexibility index (Phi) is 4.04. The second-order valence-corrected chi connectivity index (χ2v) is 5.61. The number of aliphatic hydroxyl groups is 1. The third-order valence-electron chi connectivity index (χ3n) is 4.13. The van der Waals surface area contributed by atoms with Gasteiger partial charge in [0.05, 0.1) is 6.10 Å².